The lowest BCUT2D eigenvalue weighted by Gasteiger charge is -2.61. The molecule has 8 saturated heterocycles. The maximum Gasteiger partial charge on any atom is 0.437 e. The minimum Gasteiger partial charge on any atom is -0.345 e. The van der Waals surface area contributed by atoms with Gasteiger partial charge in [-0.05, 0) is 112 Å². The molecule has 12 heteroatoms. The second-order valence-electron chi connectivity index (χ2n) is 17.9. The largest absolute Gasteiger partial charge is 0.437 e. The first kappa shape index (κ1) is 35.5. The monoisotopic (exact) mass is 724 g/mol. The summed E-state index contributed by atoms with van der Waals surface area (Å²) >= 11 is 0. The molecule has 2 saturated carbocycles. The Morgan fingerprint density at radius 1 is 0.788 bits per heavy atom. The second-order valence-corrected chi connectivity index (χ2v) is 17.9. The van der Waals surface area contributed by atoms with Crippen LogP contribution < -0.4 is 5.32 Å². The Labute approximate surface area is 306 Å². The fourth-order valence-electron chi connectivity index (χ4n) is 11.9. The van der Waals surface area contributed by atoms with Gasteiger partial charge >= 0.3 is 6.09 Å². The zero-order valence-corrected chi connectivity index (χ0v) is 31.6. The topological polar surface area (TPSA) is 125 Å². The van der Waals surface area contributed by atoms with E-state index < -0.39 is 47.6 Å². The van der Waals surface area contributed by atoms with Crippen molar-refractivity contribution in [2.75, 3.05) is 5.32 Å². The lowest BCUT2D eigenvalue weighted by Crippen LogP contribution is -2.71. The number of nitrogens with one attached hydrogen (secondary N) is 1. The summed E-state index contributed by atoms with van der Waals surface area (Å²) < 4.78 is 27.5. The smallest absolute Gasteiger partial charge is 0.345 e. The fourth-order valence-corrected chi connectivity index (χ4v) is 11.9. The average molecular weight is 725 g/mol. The molecular weight excluding hydrogens is 668 g/mol. The Bertz CT molecular complexity index is 1590. The van der Waals surface area contributed by atoms with E-state index in [0.717, 1.165) is 56.9 Å². The van der Waals surface area contributed by atoms with Crippen molar-refractivity contribution in [2.45, 2.75) is 154 Å². The zero-order valence-electron chi connectivity index (χ0n) is 31.6. The number of benzene rings is 1. The highest BCUT2D eigenvalue weighted by atomic mass is 17.3. The minimum atomic E-state index is -0.914. The number of ether oxygens (including phenoxy) is 4. The van der Waals surface area contributed by atoms with Crippen LogP contribution in [-0.4, -0.2) is 59.4 Å². The Kier molecular flexibility index (Phi) is 8.67. The van der Waals surface area contributed by atoms with Gasteiger partial charge in [0.15, 0.2) is 23.8 Å². The van der Waals surface area contributed by atoms with Crippen LogP contribution in [0.1, 0.15) is 105 Å². The van der Waals surface area contributed by atoms with E-state index in [0.29, 0.717) is 29.7 Å². The summed E-state index contributed by atoms with van der Waals surface area (Å²) in [7, 11) is 0. The second kappa shape index (κ2) is 12.7. The molecule has 1 amide bonds. The van der Waals surface area contributed by atoms with Crippen molar-refractivity contribution < 1.29 is 48.1 Å². The van der Waals surface area contributed by atoms with Crippen LogP contribution in [0, 0.1) is 54.3 Å². The highest BCUT2D eigenvalue weighted by Crippen LogP contribution is 2.63. The van der Waals surface area contributed by atoms with E-state index in [1.807, 2.05) is 45.0 Å². The van der Waals surface area contributed by atoms with Crippen molar-refractivity contribution in [3.8, 4) is 0 Å². The molecular formula is C40H56N2O10. The highest BCUT2D eigenvalue weighted by Gasteiger charge is 2.71. The van der Waals surface area contributed by atoms with Gasteiger partial charge in [-0.2, -0.15) is 0 Å². The number of oxime groups is 1. The number of rotatable bonds is 5. The Hall–Kier alpha value is -2.16. The van der Waals surface area contributed by atoms with Crippen LogP contribution in [0.5, 0.6) is 0 Å². The molecule has 0 unspecified atom stereocenters. The molecule has 286 valence electrons. The molecule has 0 aromatic heterocycles. The van der Waals surface area contributed by atoms with Crippen LogP contribution in [0.15, 0.2) is 29.4 Å². The number of carbonyl (C=O) groups excluding carboxylic acids is 1. The first-order valence-electron chi connectivity index (χ1n) is 19.9. The molecule has 2 spiro atoms. The first-order valence-corrected chi connectivity index (χ1v) is 19.9. The van der Waals surface area contributed by atoms with Gasteiger partial charge in [-0.25, -0.2) is 24.3 Å². The number of hydrogen-bond acceptors (Lipinski definition) is 11. The summed E-state index contributed by atoms with van der Waals surface area (Å²) in [6.45, 7) is 14.9. The molecule has 8 aliphatic heterocycles. The van der Waals surface area contributed by atoms with Crippen LogP contribution in [0.4, 0.5) is 10.5 Å². The molecule has 16 atom stereocenters. The standard InChI is InChI=1S/C40H56N2O10/c1-21-9-8-10-26(19-21)41-36(43)48-42-31(33-25(5)30-14-12-23(3)28-16-18-38(7)47-35(45-33)40(28,30)52-50-38)20-32-24(4)29-13-11-22(2)27-15-17-37(6)46-34(44-32)39(27,29)51-49-37/h8-10,19,22-25,27-30,32-35H,11-18,20H2,1-7H3,(H,41,43)/b42-31-/t22-,23-,24-,25-,27+,28+,29+,30+,32-,33+,34-,35-,37+,38+,39-,40-/m1/s1. The van der Waals surface area contributed by atoms with Crippen molar-refractivity contribution in [1.82, 2.24) is 0 Å². The first-order chi connectivity index (χ1) is 24.8. The van der Waals surface area contributed by atoms with Crippen LogP contribution in [0.3, 0.4) is 0 Å². The number of aryl methyl sites for hydroxylation is 1. The van der Waals surface area contributed by atoms with E-state index in [1.165, 1.54) is 0 Å². The molecule has 12 nitrogen and oxygen atoms in total. The number of carbonyl (C=O) groups is 1. The summed E-state index contributed by atoms with van der Waals surface area (Å²) in [6.07, 6.45) is 5.07. The molecule has 0 radical (unpaired) electrons. The lowest BCUT2D eigenvalue weighted by molar-refractivity contribution is -0.571. The van der Waals surface area contributed by atoms with E-state index in [4.69, 9.17) is 43.3 Å². The van der Waals surface area contributed by atoms with Crippen molar-refractivity contribution in [3.63, 3.8) is 0 Å². The number of fused-ring (bicyclic) bond motifs is 4. The van der Waals surface area contributed by atoms with Crippen LogP contribution in [-0.2, 0) is 43.3 Å². The van der Waals surface area contributed by atoms with Gasteiger partial charge in [0.2, 0.25) is 11.6 Å². The van der Waals surface area contributed by atoms with Gasteiger partial charge in [0.1, 0.15) is 6.10 Å². The molecule has 10 aliphatic rings. The van der Waals surface area contributed by atoms with Crippen molar-refractivity contribution in [3.05, 3.63) is 29.8 Å². The third kappa shape index (κ3) is 5.44. The predicted molar refractivity (Wildman–Crippen MR) is 187 cm³/mol. The summed E-state index contributed by atoms with van der Waals surface area (Å²) in [5.41, 5.74) is 0.847. The van der Waals surface area contributed by atoms with Gasteiger partial charge in [0.25, 0.3) is 0 Å². The zero-order chi connectivity index (χ0) is 36.2. The maximum atomic E-state index is 13.3. The number of amides is 1. The molecule has 10 fully saturated rings. The summed E-state index contributed by atoms with van der Waals surface area (Å²) in [6, 6.07) is 7.57. The van der Waals surface area contributed by atoms with E-state index in [9.17, 15) is 4.79 Å². The van der Waals surface area contributed by atoms with E-state index in [1.54, 1.807) is 0 Å². The molecule has 2 aliphatic carbocycles. The Balaban J connectivity index is 1.05. The predicted octanol–water partition coefficient (Wildman–Crippen LogP) is 7.79. The van der Waals surface area contributed by atoms with Crippen LogP contribution in [0.25, 0.3) is 0 Å². The maximum absolute atomic E-state index is 13.3. The normalized spacial score (nSPS) is 50.7. The molecule has 8 heterocycles. The molecule has 1 aromatic carbocycles. The van der Waals surface area contributed by atoms with Gasteiger partial charge < -0.3 is 18.9 Å². The van der Waals surface area contributed by atoms with Crippen molar-refractivity contribution >= 4 is 17.5 Å². The van der Waals surface area contributed by atoms with Gasteiger partial charge in [-0.1, -0.05) is 45.0 Å². The number of hydrogen-bond donors (Lipinski definition) is 1. The minimum absolute atomic E-state index is 0.0472. The molecule has 1 N–H and O–H groups in total. The van der Waals surface area contributed by atoms with E-state index in [2.05, 4.69) is 38.2 Å². The number of nitrogens with zero attached hydrogens (tertiary/aromatic N) is 1. The lowest BCUT2D eigenvalue weighted by atomic mass is 9.56. The van der Waals surface area contributed by atoms with Crippen LogP contribution >= 0.6 is 0 Å². The Morgan fingerprint density at radius 2 is 1.38 bits per heavy atom. The summed E-state index contributed by atoms with van der Waals surface area (Å²) in [4.78, 5) is 44.0. The van der Waals surface area contributed by atoms with Gasteiger partial charge in [-0.15, -0.1) is 0 Å². The van der Waals surface area contributed by atoms with E-state index >= 15 is 0 Å². The Morgan fingerprint density at radius 3 is 2.00 bits per heavy atom. The SMILES string of the molecule is Cc1cccc(NC(=O)O/N=C(/C[C@H]2O[C@@H]3O[C@]4(C)CC[C@H]5[C@H](C)CC[C@@H]([C@H]2C)[C@@]35OO4)[C@H]2O[C@@H]3O[C@]4(C)CC[C@H]5[C@H](C)CC[C@@H]([C@H]2C)[C@@]35OO4)c1. The fraction of sp³-hybridized carbons (Fsp3) is 0.800. The van der Waals surface area contributed by atoms with E-state index in [-0.39, 0.29) is 41.6 Å². The molecule has 52 heavy (non-hydrogen) atoms. The van der Waals surface area contributed by atoms with Crippen molar-refractivity contribution in [1.29, 1.82) is 0 Å². The molecule has 11 rings (SSSR count). The quantitative estimate of drug-likeness (QED) is 0.139. The third-order valence-electron chi connectivity index (χ3n) is 14.7. The van der Waals surface area contributed by atoms with Crippen molar-refractivity contribution in [2.24, 2.45) is 52.5 Å². The van der Waals surface area contributed by atoms with Gasteiger partial charge in [0.05, 0.1) is 11.8 Å². The summed E-state index contributed by atoms with van der Waals surface area (Å²) in [5, 5.41) is 7.48. The van der Waals surface area contributed by atoms with Crippen LogP contribution in [0.2, 0.25) is 0 Å². The highest BCUT2D eigenvalue weighted by molar-refractivity contribution is 5.91. The van der Waals surface area contributed by atoms with Gasteiger partial charge in [0, 0.05) is 36.8 Å². The van der Waals surface area contributed by atoms with Gasteiger partial charge in [-0.3, -0.25) is 10.2 Å². The molecule has 1 aromatic rings. The average Bonchev–Trinajstić information content (AvgIpc) is 3.48. The number of anilines is 1. The summed E-state index contributed by atoms with van der Waals surface area (Å²) in [5.74, 6) is -0.162. The molecule has 4 bridgehead atoms. The third-order valence-corrected chi connectivity index (χ3v) is 14.7.